The van der Waals surface area contributed by atoms with Crippen molar-refractivity contribution in [2.75, 3.05) is 13.1 Å². The van der Waals surface area contributed by atoms with Crippen molar-refractivity contribution in [3.63, 3.8) is 0 Å². The molecule has 1 aliphatic heterocycles. The third kappa shape index (κ3) is 1.98. The maximum Gasteiger partial charge on any atom is 0.234 e. The number of benzene rings is 2. The van der Waals surface area contributed by atoms with Gasteiger partial charge in [0.2, 0.25) is 5.91 Å². The molecule has 106 valence electrons. The van der Waals surface area contributed by atoms with Gasteiger partial charge in [-0.2, -0.15) is 0 Å². The fourth-order valence-corrected chi connectivity index (χ4v) is 3.72. The van der Waals surface area contributed by atoms with E-state index in [4.69, 9.17) is 0 Å². The predicted molar refractivity (Wildman–Crippen MR) is 84.2 cm³/mol. The second-order valence-corrected chi connectivity index (χ2v) is 5.99. The number of amides is 1. The number of carbonyl (C=O) groups excluding carboxylic acids is 1. The summed E-state index contributed by atoms with van der Waals surface area (Å²) in [5.41, 5.74) is 4.80. The molecule has 0 radical (unpaired) electrons. The summed E-state index contributed by atoms with van der Waals surface area (Å²) in [5, 5.41) is 0. The van der Waals surface area contributed by atoms with Crippen molar-refractivity contribution in [1.82, 2.24) is 4.90 Å². The van der Waals surface area contributed by atoms with Gasteiger partial charge < -0.3 is 4.90 Å². The Morgan fingerprint density at radius 3 is 1.90 bits per heavy atom. The lowest BCUT2D eigenvalue weighted by atomic mass is 9.94. The van der Waals surface area contributed by atoms with Crippen LogP contribution in [-0.2, 0) is 4.79 Å². The van der Waals surface area contributed by atoms with E-state index in [0.717, 1.165) is 25.9 Å². The Balaban J connectivity index is 1.79. The smallest absolute Gasteiger partial charge is 0.234 e. The van der Waals surface area contributed by atoms with E-state index < -0.39 is 0 Å². The van der Waals surface area contributed by atoms with Gasteiger partial charge in [0, 0.05) is 13.1 Å². The Kier molecular flexibility index (Phi) is 3.03. The minimum Gasteiger partial charge on any atom is -0.342 e. The van der Waals surface area contributed by atoms with Crippen molar-refractivity contribution in [2.24, 2.45) is 0 Å². The van der Waals surface area contributed by atoms with Gasteiger partial charge in [0.05, 0.1) is 5.92 Å². The van der Waals surface area contributed by atoms with Gasteiger partial charge in [-0.25, -0.2) is 0 Å². The van der Waals surface area contributed by atoms with Crippen LogP contribution in [-0.4, -0.2) is 23.9 Å². The summed E-state index contributed by atoms with van der Waals surface area (Å²) < 4.78 is 0. The van der Waals surface area contributed by atoms with Crippen LogP contribution in [0.2, 0.25) is 0 Å². The van der Waals surface area contributed by atoms with Gasteiger partial charge in [-0.1, -0.05) is 48.5 Å². The van der Waals surface area contributed by atoms with Crippen LogP contribution in [0.5, 0.6) is 0 Å². The summed E-state index contributed by atoms with van der Waals surface area (Å²) in [6, 6.07) is 16.7. The average Bonchev–Trinajstić information content (AvgIpc) is 2.90. The van der Waals surface area contributed by atoms with E-state index in [-0.39, 0.29) is 11.8 Å². The number of carbonyl (C=O) groups is 1. The third-order valence-electron chi connectivity index (χ3n) is 4.75. The highest BCUT2D eigenvalue weighted by atomic mass is 16.2. The molecule has 1 amide bonds. The molecule has 2 heteroatoms. The highest BCUT2D eigenvalue weighted by molar-refractivity contribution is 5.96. The van der Waals surface area contributed by atoms with E-state index in [1.807, 2.05) is 12.1 Å². The Morgan fingerprint density at radius 2 is 1.33 bits per heavy atom. The van der Waals surface area contributed by atoms with E-state index in [1.165, 1.54) is 28.7 Å². The molecule has 1 heterocycles. The first-order chi connectivity index (χ1) is 10.4. The van der Waals surface area contributed by atoms with Crippen LogP contribution in [0.25, 0.3) is 11.1 Å². The van der Waals surface area contributed by atoms with Crippen LogP contribution in [0, 0.1) is 0 Å². The molecule has 4 rings (SSSR count). The summed E-state index contributed by atoms with van der Waals surface area (Å²) in [6.07, 6.45) is 3.53. The van der Waals surface area contributed by atoms with E-state index in [0.29, 0.717) is 0 Å². The first kappa shape index (κ1) is 12.6. The van der Waals surface area contributed by atoms with Crippen molar-refractivity contribution >= 4 is 5.91 Å². The molecular weight excluding hydrogens is 258 g/mol. The standard InChI is InChI=1S/C19H19NO/c21-19(20-12-6-1-7-13-20)18-16-10-4-2-8-14(16)15-9-3-5-11-17(15)18/h2-5,8-11,18H,1,6-7,12-13H2. The minimum absolute atomic E-state index is 0.101. The van der Waals surface area contributed by atoms with Crippen LogP contribution >= 0.6 is 0 Å². The molecule has 1 aliphatic carbocycles. The molecule has 2 aliphatic rings. The second kappa shape index (κ2) is 5.03. The number of hydrogen-bond acceptors (Lipinski definition) is 1. The topological polar surface area (TPSA) is 20.3 Å². The molecular formula is C19H19NO. The first-order valence-corrected chi connectivity index (χ1v) is 7.83. The van der Waals surface area contributed by atoms with E-state index in [2.05, 4.69) is 41.3 Å². The van der Waals surface area contributed by atoms with Crippen molar-refractivity contribution in [3.05, 3.63) is 59.7 Å². The van der Waals surface area contributed by atoms with Gasteiger partial charge in [-0.05, 0) is 41.5 Å². The van der Waals surface area contributed by atoms with E-state index >= 15 is 0 Å². The lowest BCUT2D eigenvalue weighted by Crippen LogP contribution is -2.38. The summed E-state index contributed by atoms with van der Waals surface area (Å²) >= 11 is 0. The quantitative estimate of drug-likeness (QED) is 0.776. The van der Waals surface area contributed by atoms with Crippen molar-refractivity contribution in [1.29, 1.82) is 0 Å². The highest BCUT2D eigenvalue weighted by Gasteiger charge is 2.35. The zero-order valence-electron chi connectivity index (χ0n) is 12.1. The van der Waals surface area contributed by atoms with Crippen LogP contribution in [0.1, 0.15) is 36.3 Å². The van der Waals surface area contributed by atoms with Crippen LogP contribution < -0.4 is 0 Å². The molecule has 0 N–H and O–H groups in total. The monoisotopic (exact) mass is 277 g/mol. The number of hydrogen-bond donors (Lipinski definition) is 0. The molecule has 0 bridgehead atoms. The summed E-state index contributed by atoms with van der Waals surface area (Å²) in [6.45, 7) is 1.83. The predicted octanol–water partition coefficient (Wildman–Crippen LogP) is 3.81. The molecule has 2 aromatic carbocycles. The molecule has 0 atom stereocenters. The number of nitrogens with zero attached hydrogens (tertiary/aromatic N) is 1. The number of rotatable bonds is 1. The van der Waals surface area contributed by atoms with Crippen molar-refractivity contribution in [2.45, 2.75) is 25.2 Å². The molecule has 2 aromatic rings. The average molecular weight is 277 g/mol. The molecule has 0 unspecified atom stereocenters. The molecule has 0 saturated carbocycles. The molecule has 0 aromatic heterocycles. The number of piperidine rings is 1. The largest absolute Gasteiger partial charge is 0.342 e. The van der Waals surface area contributed by atoms with Gasteiger partial charge in [0.1, 0.15) is 0 Å². The Hall–Kier alpha value is -2.09. The fraction of sp³-hybridized carbons (Fsp3) is 0.316. The molecule has 1 fully saturated rings. The molecule has 21 heavy (non-hydrogen) atoms. The van der Waals surface area contributed by atoms with Gasteiger partial charge in [-0.3, -0.25) is 4.79 Å². The highest BCUT2D eigenvalue weighted by Crippen LogP contribution is 2.45. The lowest BCUT2D eigenvalue weighted by molar-refractivity contribution is -0.132. The summed E-state index contributed by atoms with van der Waals surface area (Å²) in [5.74, 6) is 0.183. The Labute approximate surface area is 125 Å². The van der Waals surface area contributed by atoms with Gasteiger partial charge in [0.25, 0.3) is 0 Å². The zero-order chi connectivity index (χ0) is 14.2. The van der Waals surface area contributed by atoms with E-state index in [9.17, 15) is 4.79 Å². The van der Waals surface area contributed by atoms with E-state index in [1.54, 1.807) is 0 Å². The van der Waals surface area contributed by atoms with Crippen LogP contribution in [0.4, 0.5) is 0 Å². The maximum atomic E-state index is 13.1. The Morgan fingerprint density at radius 1 is 0.810 bits per heavy atom. The molecule has 1 saturated heterocycles. The second-order valence-electron chi connectivity index (χ2n) is 5.99. The fourth-order valence-electron chi connectivity index (χ4n) is 3.72. The SMILES string of the molecule is O=C(C1c2ccccc2-c2ccccc21)N1CCCCC1. The lowest BCUT2D eigenvalue weighted by Gasteiger charge is -2.29. The summed E-state index contributed by atoms with van der Waals surface area (Å²) in [7, 11) is 0. The molecule has 2 nitrogen and oxygen atoms in total. The first-order valence-electron chi connectivity index (χ1n) is 7.83. The van der Waals surface area contributed by atoms with Gasteiger partial charge in [-0.15, -0.1) is 0 Å². The number of fused-ring (bicyclic) bond motifs is 3. The summed E-state index contributed by atoms with van der Waals surface area (Å²) in [4.78, 5) is 15.1. The number of likely N-dealkylation sites (tertiary alicyclic amines) is 1. The van der Waals surface area contributed by atoms with Gasteiger partial charge in [0.15, 0.2) is 0 Å². The Bertz CT molecular complexity index is 640. The van der Waals surface area contributed by atoms with Crippen molar-refractivity contribution in [3.8, 4) is 11.1 Å². The van der Waals surface area contributed by atoms with Crippen molar-refractivity contribution < 1.29 is 4.79 Å². The van der Waals surface area contributed by atoms with Crippen LogP contribution in [0.3, 0.4) is 0 Å². The van der Waals surface area contributed by atoms with Crippen LogP contribution in [0.15, 0.2) is 48.5 Å². The molecule has 0 spiro atoms. The maximum absolute atomic E-state index is 13.1. The normalized spacial score (nSPS) is 17.4. The van der Waals surface area contributed by atoms with Gasteiger partial charge >= 0.3 is 0 Å². The third-order valence-corrected chi connectivity index (χ3v) is 4.75. The zero-order valence-corrected chi connectivity index (χ0v) is 12.1. The minimum atomic E-state index is -0.101.